The number of nitrogens with one attached hydrogen (secondary N) is 1. The SMILES string of the molecule is O=[N+]([O-])c1ccccc1-c1ccc(CNCC2(O)CCOCC2)o1. The Bertz CT molecular complexity index is 707. The molecule has 1 saturated heterocycles. The lowest BCUT2D eigenvalue weighted by Crippen LogP contribution is -2.44. The summed E-state index contributed by atoms with van der Waals surface area (Å²) >= 11 is 0. The quantitative estimate of drug-likeness (QED) is 0.623. The number of benzene rings is 1. The minimum atomic E-state index is -0.744. The van der Waals surface area contributed by atoms with Gasteiger partial charge in [0, 0.05) is 38.7 Å². The summed E-state index contributed by atoms with van der Waals surface area (Å²) in [6.07, 6.45) is 1.22. The first-order valence-corrected chi connectivity index (χ1v) is 7.91. The number of furan rings is 1. The van der Waals surface area contributed by atoms with Crippen molar-refractivity contribution in [3.8, 4) is 11.3 Å². The van der Waals surface area contributed by atoms with Crippen LogP contribution in [0.5, 0.6) is 0 Å². The summed E-state index contributed by atoms with van der Waals surface area (Å²) in [6.45, 7) is 2.04. The van der Waals surface area contributed by atoms with Crippen LogP contribution in [0.4, 0.5) is 5.69 Å². The Hall–Kier alpha value is -2.22. The molecular formula is C17H20N2O5. The van der Waals surface area contributed by atoms with Gasteiger partial charge >= 0.3 is 0 Å². The van der Waals surface area contributed by atoms with E-state index in [1.807, 2.05) is 0 Å². The zero-order valence-electron chi connectivity index (χ0n) is 13.2. The van der Waals surface area contributed by atoms with Crippen LogP contribution in [-0.2, 0) is 11.3 Å². The van der Waals surface area contributed by atoms with Gasteiger partial charge in [-0.25, -0.2) is 0 Å². The monoisotopic (exact) mass is 332 g/mol. The highest BCUT2D eigenvalue weighted by Gasteiger charge is 2.29. The summed E-state index contributed by atoms with van der Waals surface area (Å²) in [5.41, 5.74) is -0.272. The van der Waals surface area contributed by atoms with Gasteiger partial charge in [-0.05, 0) is 18.2 Å². The zero-order chi connectivity index (χ0) is 17.0. The van der Waals surface area contributed by atoms with Crippen LogP contribution in [0.25, 0.3) is 11.3 Å². The molecular weight excluding hydrogens is 312 g/mol. The van der Waals surface area contributed by atoms with Crippen LogP contribution < -0.4 is 5.32 Å². The van der Waals surface area contributed by atoms with Crippen LogP contribution in [0, 0.1) is 10.1 Å². The predicted molar refractivity (Wildman–Crippen MR) is 87.5 cm³/mol. The number of rotatable bonds is 6. The fourth-order valence-electron chi connectivity index (χ4n) is 2.81. The van der Waals surface area contributed by atoms with Crippen LogP contribution in [0.15, 0.2) is 40.8 Å². The molecule has 2 heterocycles. The number of aliphatic hydroxyl groups is 1. The van der Waals surface area contributed by atoms with Crippen molar-refractivity contribution in [3.63, 3.8) is 0 Å². The average molecular weight is 332 g/mol. The maximum absolute atomic E-state index is 11.1. The molecule has 7 nitrogen and oxygen atoms in total. The molecule has 2 N–H and O–H groups in total. The molecule has 0 atom stereocenters. The van der Waals surface area contributed by atoms with E-state index in [1.54, 1.807) is 30.3 Å². The van der Waals surface area contributed by atoms with Gasteiger partial charge in [-0.2, -0.15) is 0 Å². The second-order valence-electron chi connectivity index (χ2n) is 5.98. The lowest BCUT2D eigenvalue weighted by Gasteiger charge is -2.32. The van der Waals surface area contributed by atoms with E-state index < -0.39 is 10.5 Å². The second-order valence-corrected chi connectivity index (χ2v) is 5.98. The molecule has 0 spiro atoms. The molecule has 2 aromatic rings. The van der Waals surface area contributed by atoms with Crippen molar-refractivity contribution in [2.24, 2.45) is 0 Å². The fraction of sp³-hybridized carbons (Fsp3) is 0.412. The second kappa shape index (κ2) is 7.12. The molecule has 1 aliphatic rings. The van der Waals surface area contributed by atoms with Gasteiger partial charge in [-0.1, -0.05) is 12.1 Å². The molecule has 0 unspecified atom stereocenters. The van der Waals surface area contributed by atoms with Crippen molar-refractivity contribution in [1.29, 1.82) is 0 Å². The van der Waals surface area contributed by atoms with Crippen molar-refractivity contribution in [2.45, 2.75) is 25.0 Å². The normalized spacial score (nSPS) is 16.9. The van der Waals surface area contributed by atoms with E-state index in [0.29, 0.717) is 56.2 Å². The smallest absolute Gasteiger partial charge is 0.280 e. The zero-order valence-corrected chi connectivity index (χ0v) is 13.2. The van der Waals surface area contributed by atoms with Crippen molar-refractivity contribution in [2.75, 3.05) is 19.8 Å². The summed E-state index contributed by atoms with van der Waals surface area (Å²) in [5.74, 6) is 1.13. The van der Waals surface area contributed by atoms with Gasteiger partial charge < -0.3 is 19.6 Å². The first-order valence-electron chi connectivity index (χ1n) is 7.91. The predicted octanol–water partition coefficient (Wildman–Crippen LogP) is 2.49. The van der Waals surface area contributed by atoms with Crippen molar-refractivity contribution in [1.82, 2.24) is 5.32 Å². The Morgan fingerprint density at radius 1 is 1.21 bits per heavy atom. The summed E-state index contributed by atoms with van der Waals surface area (Å²) in [5, 5.41) is 24.7. The average Bonchev–Trinajstić information content (AvgIpc) is 3.04. The number of ether oxygens (including phenoxy) is 1. The number of hydrogen-bond donors (Lipinski definition) is 2. The van der Waals surface area contributed by atoms with Crippen molar-refractivity contribution >= 4 is 5.69 Å². The molecule has 128 valence electrons. The lowest BCUT2D eigenvalue weighted by molar-refractivity contribution is -0.384. The summed E-state index contributed by atoms with van der Waals surface area (Å²) in [4.78, 5) is 10.7. The largest absolute Gasteiger partial charge is 0.459 e. The molecule has 1 aromatic carbocycles. The minimum Gasteiger partial charge on any atom is -0.459 e. The lowest BCUT2D eigenvalue weighted by atomic mass is 9.94. The van der Waals surface area contributed by atoms with Gasteiger partial charge in [0.2, 0.25) is 0 Å². The van der Waals surface area contributed by atoms with Gasteiger partial charge in [-0.3, -0.25) is 10.1 Å². The van der Waals surface area contributed by atoms with E-state index in [1.165, 1.54) is 6.07 Å². The topological polar surface area (TPSA) is 97.8 Å². The van der Waals surface area contributed by atoms with E-state index in [2.05, 4.69) is 5.32 Å². The molecule has 0 aliphatic carbocycles. The van der Waals surface area contributed by atoms with Crippen molar-refractivity contribution < 1.29 is 19.2 Å². The maximum Gasteiger partial charge on any atom is 0.280 e. The number of nitro benzene ring substituents is 1. The number of nitrogens with zero attached hydrogens (tertiary/aromatic N) is 1. The van der Waals surface area contributed by atoms with Crippen LogP contribution in [0.2, 0.25) is 0 Å². The third kappa shape index (κ3) is 3.81. The van der Waals surface area contributed by atoms with Gasteiger partial charge in [0.15, 0.2) is 0 Å². The molecule has 7 heteroatoms. The fourth-order valence-corrected chi connectivity index (χ4v) is 2.81. The first kappa shape index (κ1) is 16.6. The Kier molecular flexibility index (Phi) is 4.94. The molecule has 3 rings (SSSR count). The van der Waals surface area contributed by atoms with Crippen LogP contribution in [0.3, 0.4) is 0 Å². The minimum absolute atomic E-state index is 0.0166. The molecule has 0 saturated carbocycles. The van der Waals surface area contributed by atoms with E-state index in [-0.39, 0.29) is 5.69 Å². The van der Waals surface area contributed by atoms with Gasteiger partial charge in [0.05, 0.1) is 22.6 Å². The highest BCUT2D eigenvalue weighted by Crippen LogP contribution is 2.30. The summed E-state index contributed by atoms with van der Waals surface area (Å²) in [6, 6.07) is 10.00. The molecule has 1 fully saturated rings. The molecule has 1 aliphatic heterocycles. The van der Waals surface area contributed by atoms with Gasteiger partial charge in [-0.15, -0.1) is 0 Å². The standard InChI is InChI=1S/C17H20N2O5/c20-17(7-9-23-10-8-17)12-18-11-13-5-6-16(24-13)14-3-1-2-4-15(14)19(21)22/h1-6,18,20H,7-12H2. The molecule has 0 amide bonds. The third-order valence-corrected chi connectivity index (χ3v) is 4.20. The highest BCUT2D eigenvalue weighted by molar-refractivity contribution is 5.69. The molecule has 1 aromatic heterocycles. The van der Waals surface area contributed by atoms with E-state index in [9.17, 15) is 15.2 Å². The Morgan fingerprint density at radius 3 is 2.71 bits per heavy atom. The number of hydrogen-bond acceptors (Lipinski definition) is 6. The third-order valence-electron chi connectivity index (χ3n) is 4.20. The van der Waals surface area contributed by atoms with Crippen LogP contribution in [-0.4, -0.2) is 35.4 Å². The highest BCUT2D eigenvalue weighted by atomic mass is 16.6. The van der Waals surface area contributed by atoms with Crippen LogP contribution in [0.1, 0.15) is 18.6 Å². The Balaban J connectivity index is 1.63. The van der Waals surface area contributed by atoms with E-state index in [0.717, 1.165) is 0 Å². The van der Waals surface area contributed by atoms with Crippen molar-refractivity contribution in [3.05, 3.63) is 52.3 Å². The van der Waals surface area contributed by atoms with E-state index in [4.69, 9.17) is 9.15 Å². The maximum atomic E-state index is 11.1. The van der Waals surface area contributed by atoms with Gasteiger partial charge in [0.1, 0.15) is 11.5 Å². The van der Waals surface area contributed by atoms with Gasteiger partial charge in [0.25, 0.3) is 5.69 Å². The number of nitro groups is 1. The Labute approximate surface area is 139 Å². The molecule has 0 bridgehead atoms. The summed E-state index contributed by atoms with van der Waals surface area (Å²) in [7, 11) is 0. The summed E-state index contributed by atoms with van der Waals surface area (Å²) < 4.78 is 11.0. The van der Waals surface area contributed by atoms with Crippen LogP contribution >= 0.6 is 0 Å². The number of para-hydroxylation sites is 1. The van der Waals surface area contributed by atoms with E-state index >= 15 is 0 Å². The molecule has 0 radical (unpaired) electrons. The Morgan fingerprint density at radius 2 is 1.96 bits per heavy atom. The molecule has 24 heavy (non-hydrogen) atoms. The first-order chi connectivity index (χ1) is 11.6.